The zero-order valence-electron chi connectivity index (χ0n) is 12.7. The lowest BCUT2D eigenvalue weighted by Crippen LogP contribution is -2.31. The van der Waals surface area contributed by atoms with E-state index < -0.39 is 0 Å². The topological polar surface area (TPSA) is 24.1 Å². The maximum absolute atomic E-state index is 3.62. The number of benzene rings is 2. The molecule has 2 aromatic rings. The standard InChI is InChI=1S/C19H24N2/c1-2-19(12-13-20-14-19)15-21-18-10-8-17(9-11-18)16-6-4-3-5-7-16/h3-11,20-21H,2,12-15H2,1H3. The molecule has 21 heavy (non-hydrogen) atoms. The first kappa shape index (κ1) is 14.2. The minimum Gasteiger partial charge on any atom is -0.384 e. The molecule has 1 fully saturated rings. The van der Waals surface area contributed by atoms with Crippen molar-refractivity contribution < 1.29 is 0 Å². The van der Waals surface area contributed by atoms with Crippen molar-refractivity contribution in [3.05, 3.63) is 54.6 Å². The fraction of sp³-hybridized carbons (Fsp3) is 0.368. The van der Waals surface area contributed by atoms with E-state index >= 15 is 0 Å². The molecule has 3 rings (SSSR count). The molecular formula is C19H24N2. The Kier molecular flexibility index (Phi) is 4.26. The highest BCUT2D eigenvalue weighted by molar-refractivity contribution is 5.65. The van der Waals surface area contributed by atoms with Gasteiger partial charge in [0, 0.05) is 24.2 Å². The van der Waals surface area contributed by atoms with Gasteiger partial charge < -0.3 is 10.6 Å². The van der Waals surface area contributed by atoms with Crippen molar-refractivity contribution >= 4 is 5.69 Å². The highest BCUT2D eigenvalue weighted by Crippen LogP contribution is 2.30. The maximum Gasteiger partial charge on any atom is 0.0340 e. The lowest BCUT2D eigenvalue weighted by atomic mass is 9.84. The fourth-order valence-corrected chi connectivity index (χ4v) is 3.07. The van der Waals surface area contributed by atoms with E-state index in [9.17, 15) is 0 Å². The van der Waals surface area contributed by atoms with E-state index in [4.69, 9.17) is 0 Å². The Hall–Kier alpha value is -1.80. The lowest BCUT2D eigenvalue weighted by molar-refractivity contribution is 0.333. The van der Waals surface area contributed by atoms with E-state index in [2.05, 4.69) is 72.2 Å². The smallest absolute Gasteiger partial charge is 0.0340 e. The van der Waals surface area contributed by atoms with Gasteiger partial charge in [-0.1, -0.05) is 49.4 Å². The molecule has 2 nitrogen and oxygen atoms in total. The lowest BCUT2D eigenvalue weighted by Gasteiger charge is -2.27. The molecule has 1 aliphatic heterocycles. The van der Waals surface area contributed by atoms with Gasteiger partial charge in [0.05, 0.1) is 0 Å². The number of rotatable bonds is 5. The molecule has 0 bridgehead atoms. The van der Waals surface area contributed by atoms with Gasteiger partial charge in [-0.25, -0.2) is 0 Å². The second kappa shape index (κ2) is 6.31. The maximum atomic E-state index is 3.62. The summed E-state index contributed by atoms with van der Waals surface area (Å²) < 4.78 is 0. The summed E-state index contributed by atoms with van der Waals surface area (Å²) in [6.07, 6.45) is 2.51. The summed E-state index contributed by atoms with van der Waals surface area (Å²) in [4.78, 5) is 0. The van der Waals surface area contributed by atoms with Gasteiger partial charge in [-0.3, -0.25) is 0 Å². The van der Waals surface area contributed by atoms with Crippen LogP contribution in [-0.2, 0) is 0 Å². The Morgan fingerprint density at radius 3 is 2.33 bits per heavy atom. The average molecular weight is 280 g/mol. The molecule has 2 heteroatoms. The zero-order valence-corrected chi connectivity index (χ0v) is 12.7. The van der Waals surface area contributed by atoms with E-state index in [1.54, 1.807) is 0 Å². The molecule has 0 saturated carbocycles. The van der Waals surface area contributed by atoms with Gasteiger partial charge in [-0.15, -0.1) is 0 Å². The van der Waals surface area contributed by atoms with Crippen LogP contribution in [0.1, 0.15) is 19.8 Å². The summed E-state index contributed by atoms with van der Waals surface area (Å²) >= 11 is 0. The van der Waals surface area contributed by atoms with Gasteiger partial charge in [-0.05, 0) is 42.6 Å². The van der Waals surface area contributed by atoms with Crippen LogP contribution in [-0.4, -0.2) is 19.6 Å². The number of anilines is 1. The summed E-state index contributed by atoms with van der Waals surface area (Å²) in [5.74, 6) is 0. The van der Waals surface area contributed by atoms with Gasteiger partial charge in [0.2, 0.25) is 0 Å². The molecule has 0 aromatic heterocycles. The molecular weight excluding hydrogens is 256 g/mol. The van der Waals surface area contributed by atoms with E-state index in [0.29, 0.717) is 5.41 Å². The summed E-state index contributed by atoms with van der Waals surface area (Å²) in [5.41, 5.74) is 4.19. The van der Waals surface area contributed by atoms with Crippen LogP contribution in [0, 0.1) is 5.41 Å². The predicted octanol–water partition coefficient (Wildman–Crippen LogP) is 4.16. The zero-order chi connectivity index (χ0) is 14.5. The Balaban J connectivity index is 1.65. The van der Waals surface area contributed by atoms with Crippen molar-refractivity contribution in [1.29, 1.82) is 0 Å². The van der Waals surface area contributed by atoms with E-state index in [-0.39, 0.29) is 0 Å². The van der Waals surface area contributed by atoms with E-state index in [1.165, 1.54) is 29.7 Å². The molecule has 2 aromatic carbocycles. The third kappa shape index (κ3) is 3.27. The van der Waals surface area contributed by atoms with Crippen molar-refractivity contribution in [1.82, 2.24) is 5.32 Å². The number of nitrogens with one attached hydrogen (secondary N) is 2. The quantitative estimate of drug-likeness (QED) is 0.859. The van der Waals surface area contributed by atoms with Gasteiger partial charge in [-0.2, -0.15) is 0 Å². The van der Waals surface area contributed by atoms with Crippen molar-refractivity contribution in [3.8, 4) is 11.1 Å². The molecule has 1 heterocycles. The van der Waals surface area contributed by atoms with Crippen LogP contribution in [0.15, 0.2) is 54.6 Å². The van der Waals surface area contributed by atoms with Crippen LogP contribution in [0.2, 0.25) is 0 Å². The Morgan fingerprint density at radius 2 is 1.71 bits per heavy atom. The van der Waals surface area contributed by atoms with Gasteiger partial charge in [0.25, 0.3) is 0 Å². The Labute approximate surface area is 127 Å². The molecule has 110 valence electrons. The highest BCUT2D eigenvalue weighted by atomic mass is 15.0. The summed E-state index contributed by atoms with van der Waals surface area (Å²) in [5, 5.41) is 7.11. The van der Waals surface area contributed by atoms with Crippen molar-refractivity contribution in [2.75, 3.05) is 25.0 Å². The summed E-state index contributed by atoms with van der Waals surface area (Å²) in [6.45, 7) is 5.65. The van der Waals surface area contributed by atoms with Crippen LogP contribution in [0.5, 0.6) is 0 Å². The molecule has 0 amide bonds. The van der Waals surface area contributed by atoms with Gasteiger partial charge in [0.1, 0.15) is 0 Å². The number of hydrogen-bond donors (Lipinski definition) is 2. The first-order chi connectivity index (χ1) is 10.3. The molecule has 1 aliphatic rings. The van der Waals surface area contributed by atoms with Crippen LogP contribution in [0.3, 0.4) is 0 Å². The molecule has 1 unspecified atom stereocenters. The largest absolute Gasteiger partial charge is 0.384 e. The van der Waals surface area contributed by atoms with Gasteiger partial charge >= 0.3 is 0 Å². The fourth-order valence-electron chi connectivity index (χ4n) is 3.07. The third-order valence-electron chi connectivity index (χ3n) is 4.74. The predicted molar refractivity (Wildman–Crippen MR) is 90.6 cm³/mol. The monoisotopic (exact) mass is 280 g/mol. The highest BCUT2D eigenvalue weighted by Gasteiger charge is 2.31. The Bertz CT molecular complexity index is 554. The minimum atomic E-state index is 0.429. The third-order valence-corrected chi connectivity index (χ3v) is 4.74. The second-order valence-corrected chi connectivity index (χ2v) is 6.08. The Morgan fingerprint density at radius 1 is 1.00 bits per heavy atom. The van der Waals surface area contributed by atoms with Crippen LogP contribution in [0.25, 0.3) is 11.1 Å². The summed E-state index contributed by atoms with van der Waals surface area (Å²) in [7, 11) is 0. The van der Waals surface area contributed by atoms with Crippen molar-refractivity contribution in [3.63, 3.8) is 0 Å². The first-order valence-corrected chi connectivity index (χ1v) is 7.91. The molecule has 0 spiro atoms. The molecule has 0 aliphatic carbocycles. The van der Waals surface area contributed by atoms with Crippen molar-refractivity contribution in [2.24, 2.45) is 5.41 Å². The van der Waals surface area contributed by atoms with Crippen molar-refractivity contribution in [2.45, 2.75) is 19.8 Å². The van der Waals surface area contributed by atoms with Crippen LogP contribution in [0.4, 0.5) is 5.69 Å². The molecule has 0 radical (unpaired) electrons. The second-order valence-electron chi connectivity index (χ2n) is 6.08. The SMILES string of the molecule is CCC1(CNc2ccc(-c3ccccc3)cc2)CCNC1. The average Bonchev–Trinajstić information content (AvgIpc) is 3.04. The molecule has 1 saturated heterocycles. The van der Waals surface area contributed by atoms with E-state index in [1.807, 2.05) is 0 Å². The normalized spacial score (nSPS) is 21.4. The first-order valence-electron chi connectivity index (χ1n) is 7.91. The van der Waals surface area contributed by atoms with E-state index in [0.717, 1.165) is 19.6 Å². The minimum absolute atomic E-state index is 0.429. The van der Waals surface area contributed by atoms with Crippen LogP contribution < -0.4 is 10.6 Å². The summed E-state index contributed by atoms with van der Waals surface area (Å²) in [6, 6.07) is 19.3. The number of hydrogen-bond acceptors (Lipinski definition) is 2. The van der Waals surface area contributed by atoms with Crippen LogP contribution >= 0.6 is 0 Å². The molecule has 2 N–H and O–H groups in total. The molecule has 1 atom stereocenters. The van der Waals surface area contributed by atoms with Gasteiger partial charge in [0.15, 0.2) is 0 Å².